The van der Waals surface area contributed by atoms with Crippen LogP contribution in [0.2, 0.25) is 0 Å². The molecule has 5 heteroatoms. The summed E-state index contributed by atoms with van der Waals surface area (Å²) in [5.74, 6) is 0.487. The van der Waals surface area contributed by atoms with Crippen molar-refractivity contribution < 1.29 is 0 Å². The second-order valence-corrected chi connectivity index (χ2v) is 3.39. The Labute approximate surface area is 99.5 Å². The van der Waals surface area contributed by atoms with Crippen LogP contribution in [-0.4, -0.2) is 14.8 Å². The van der Waals surface area contributed by atoms with E-state index in [1.165, 1.54) is 0 Å². The van der Waals surface area contributed by atoms with E-state index < -0.39 is 0 Å². The largest absolute Gasteiger partial charge is 0.275 e. The monoisotopic (exact) mass is 243 g/mol. The summed E-state index contributed by atoms with van der Waals surface area (Å²) in [4.78, 5) is 4.12. The van der Waals surface area contributed by atoms with Crippen LogP contribution in [0.25, 0.3) is 11.1 Å². The van der Waals surface area contributed by atoms with Crippen LogP contribution < -0.4 is 0 Å². The minimum atomic E-state index is 0. The minimum absolute atomic E-state index is 0. The number of pyridine rings is 1. The summed E-state index contributed by atoms with van der Waals surface area (Å²) < 4.78 is 1.77. The molecule has 0 N–H and O–H groups in total. The molecule has 0 aliphatic heterocycles. The van der Waals surface area contributed by atoms with Crippen molar-refractivity contribution in [3.8, 4) is 11.1 Å². The van der Waals surface area contributed by atoms with E-state index in [1.54, 1.807) is 10.9 Å². The molecule has 2 aromatic heterocycles. The van der Waals surface area contributed by atoms with Gasteiger partial charge in [0.15, 0.2) is 0 Å². The predicted molar refractivity (Wildman–Crippen MR) is 63.2 cm³/mol. The normalized spacial score (nSPS) is 9.73. The molecule has 0 bridgehead atoms. The molecular formula is C10H11Cl2N3. The Morgan fingerprint density at radius 3 is 2.67 bits per heavy atom. The highest BCUT2D eigenvalue weighted by Gasteiger charge is 2.01. The second-order valence-electron chi connectivity index (χ2n) is 3.12. The average Bonchev–Trinajstić information content (AvgIpc) is 2.65. The Hall–Kier alpha value is -1.06. The summed E-state index contributed by atoms with van der Waals surface area (Å²) in [7, 11) is 1.89. The molecule has 0 saturated heterocycles. The van der Waals surface area contributed by atoms with Crippen LogP contribution in [0.5, 0.6) is 0 Å². The zero-order valence-corrected chi connectivity index (χ0v) is 9.79. The fraction of sp³-hybridized carbons (Fsp3) is 0.200. The highest BCUT2D eigenvalue weighted by molar-refractivity contribution is 6.17. The molecule has 0 amide bonds. The van der Waals surface area contributed by atoms with Crippen LogP contribution in [0, 0.1) is 0 Å². The van der Waals surface area contributed by atoms with Gasteiger partial charge in [-0.05, 0) is 11.6 Å². The molecule has 2 aromatic rings. The van der Waals surface area contributed by atoms with Crippen LogP contribution >= 0.6 is 24.0 Å². The fourth-order valence-corrected chi connectivity index (χ4v) is 1.43. The first-order chi connectivity index (χ1) is 6.79. The van der Waals surface area contributed by atoms with Gasteiger partial charge in [-0.15, -0.1) is 24.0 Å². The van der Waals surface area contributed by atoms with Gasteiger partial charge in [-0.1, -0.05) is 0 Å². The maximum atomic E-state index is 5.73. The summed E-state index contributed by atoms with van der Waals surface area (Å²) in [5, 5.41) is 4.10. The van der Waals surface area contributed by atoms with E-state index in [9.17, 15) is 0 Å². The third-order valence-corrected chi connectivity index (χ3v) is 2.30. The molecule has 2 heterocycles. The highest BCUT2D eigenvalue weighted by atomic mass is 35.5. The Kier molecular flexibility index (Phi) is 4.12. The van der Waals surface area contributed by atoms with Gasteiger partial charge in [-0.2, -0.15) is 5.10 Å². The lowest BCUT2D eigenvalue weighted by molar-refractivity contribution is 0.768. The van der Waals surface area contributed by atoms with Crippen molar-refractivity contribution in [3.63, 3.8) is 0 Å². The first-order valence-electron chi connectivity index (χ1n) is 4.28. The van der Waals surface area contributed by atoms with E-state index in [0.29, 0.717) is 5.88 Å². The van der Waals surface area contributed by atoms with Crippen molar-refractivity contribution in [3.05, 3.63) is 36.4 Å². The van der Waals surface area contributed by atoms with Crippen molar-refractivity contribution in [1.29, 1.82) is 0 Å². The molecule has 0 unspecified atom stereocenters. The zero-order chi connectivity index (χ0) is 9.97. The molecule has 0 saturated carbocycles. The Morgan fingerprint density at radius 1 is 1.27 bits per heavy atom. The smallest absolute Gasteiger partial charge is 0.0568 e. The van der Waals surface area contributed by atoms with Crippen LogP contribution in [0.4, 0.5) is 0 Å². The van der Waals surface area contributed by atoms with Gasteiger partial charge in [0.1, 0.15) is 0 Å². The maximum absolute atomic E-state index is 5.73. The van der Waals surface area contributed by atoms with Gasteiger partial charge in [-0.3, -0.25) is 9.67 Å². The molecule has 0 aliphatic rings. The summed E-state index contributed by atoms with van der Waals surface area (Å²) in [5.41, 5.74) is 3.14. The van der Waals surface area contributed by atoms with E-state index in [4.69, 9.17) is 11.6 Å². The zero-order valence-electron chi connectivity index (χ0n) is 8.22. The van der Waals surface area contributed by atoms with Crippen molar-refractivity contribution in [2.24, 2.45) is 7.05 Å². The molecule has 0 atom stereocenters. The predicted octanol–water partition coefficient (Wildman–Crippen LogP) is 2.64. The molecule has 15 heavy (non-hydrogen) atoms. The van der Waals surface area contributed by atoms with Gasteiger partial charge >= 0.3 is 0 Å². The van der Waals surface area contributed by atoms with Gasteiger partial charge in [0.2, 0.25) is 0 Å². The average molecular weight is 244 g/mol. The molecule has 2 rings (SSSR count). The van der Waals surface area contributed by atoms with E-state index in [2.05, 4.69) is 10.1 Å². The lowest BCUT2D eigenvalue weighted by Gasteiger charge is -1.98. The number of aryl methyl sites for hydroxylation is 1. The lowest BCUT2D eigenvalue weighted by Crippen LogP contribution is -1.85. The molecule has 0 radical (unpaired) electrons. The third-order valence-electron chi connectivity index (χ3n) is 1.99. The summed E-state index contributed by atoms with van der Waals surface area (Å²) in [6.45, 7) is 0. The molecule has 3 nitrogen and oxygen atoms in total. The Morgan fingerprint density at radius 2 is 2.07 bits per heavy atom. The number of aromatic nitrogens is 3. The Balaban J connectivity index is 0.00000112. The first kappa shape index (κ1) is 12.0. The molecule has 0 fully saturated rings. The van der Waals surface area contributed by atoms with Gasteiger partial charge in [0, 0.05) is 42.6 Å². The maximum Gasteiger partial charge on any atom is 0.0568 e. The number of rotatable bonds is 2. The summed E-state index contributed by atoms with van der Waals surface area (Å²) in [6.07, 6.45) is 7.35. The van der Waals surface area contributed by atoms with Crippen molar-refractivity contribution in [2.45, 2.75) is 5.88 Å². The first-order valence-corrected chi connectivity index (χ1v) is 4.82. The fourth-order valence-electron chi connectivity index (χ4n) is 1.29. The van der Waals surface area contributed by atoms with Crippen LogP contribution in [0.1, 0.15) is 5.56 Å². The van der Waals surface area contributed by atoms with Crippen molar-refractivity contribution in [1.82, 2.24) is 14.8 Å². The molecule has 0 aliphatic carbocycles. The minimum Gasteiger partial charge on any atom is -0.275 e. The van der Waals surface area contributed by atoms with Crippen LogP contribution in [-0.2, 0) is 12.9 Å². The second kappa shape index (κ2) is 5.14. The molecular weight excluding hydrogens is 233 g/mol. The number of alkyl halides is 1. The number of hydrogen-bond acceptors (Lipinski definition) is 2. The Bertz CT molecular complexity index is 440. The van der Waals surface area contributed by atoms with Crippen molar-refractivity contribution >= 4 is 24.0 Å². The van der Waals surface area contributed by atoms with Gasteiger partial charge < -0.3 is 0 Å². The number of hydrogen-bond donors (Lipinski definition) is 0. The van der Waals surface area contributed by atoms with Gasteiger partial charge in [0.25, 0.3) is 0 Å². The lowest BCUT2D eigenvalue weighted by atomic mass is 10.1. The van der Waals surface area contributed by atoms with Gasteiger partial charge in [0.05, 0.1) is 6.20 Å². The standard InChI is InChI=1S/C10H10ClN3.ClH/c1-14-7-10(6-13-14)9-2-8(3-11)4-12-5-9;/h2,4-7H,3H2,1H3;1H. The molecule has 0 aromatic carbocycles. The van der Waals surface area contributed by atoms with E-state index in [1.807, 2.05) is 31.7 Å². The van der Waals surface area contributed by atoms with E-state index >= 15 is 0 Å². The van der Waals surface area contributed by atoms with E-state index in [-0.39, 0.29) is 12.4 Å². The van der Waals surface area contributed by atoms with Crippen LogP contribution in [0.3, 0.4) is 0 Å². The van der Waals surface area contributed by atoms with E-state index in [0.717, 1.165) is 16.7 Å². The highest BCUT2D eigenvalue weighted by Crippen LogP contribution is 2.18. The molecule has 0 spiro atoms. The summed E-state index contributed by atoms with van der Waals surface area (Å²) >= 11 is 5.73. The number of halogens is 2. The number of nitrogens with zero attached hydrogens (tertiary/aromatic N) is 3. The van der Waals surface area contributed by atoms with Crippen LogP contribution in [0.15, 0.2) is 30.9 Å². The summed E-state index contributed by atoms with van der Waals surface area (Å²) in [6, 6.07) is 2.02. The topological polar surface area (TPSA) is 30.7 Å². The molecule has 80 valence electrons. The third kappa shape index (κ3) is 2.70. The van der Waals surface area contributed by atoms with Crippen molar-refractivity contribution in [2.75, 3.05) is 0 Å². The van der Waals surface area contributed by atoms with Gasteiger partial charge in [-0.25, -0.2) is 0 Å². The quantitative estimate of drug-likeness (QED) is 0.760. The SMILES string of the molecule is Cl.Cn1cc(-c2cncc(CCl)c2)cn1.